The largest absolute Gasteiger partial charge is 0.330 e. The van der Waals surface area contributed by atoms with Crippen LogP contribution in [-0.4, -0.2) is 19.6 Å². The van der Waals surface area contributed by atoms with Crippen LogP contribution >= 0.6 is 0 Å². The van der Waals surface area contributed by atoms with Gasteiger partial charge in [0.2, 0.25) is 0 Å². The summed E-state index contributed by atoms with van der Waals surface area (Å²) in [5.74, 6) is 0.907. The zero-order valence-electron chi connectivity index (χ0n) is 9.31. The van der Waals surface area contributed by atoms with E-state index in [0.717, 1.165) is 32.0 Å². The normalized spacial score (nSPS) is 13.2. The van der Waals surface area contributed by atoms with Gasteiger partial charge in [-0.2, -0.15) is 0 Å². The molecule has 0 saturated heterocycles. The van der Waals surface area contributed by atoms with Gasteiger partial charge < -0.3 is 11.1 Å². The maximum atomic E-state index is 5.39. The zero-order valence-corrected chi connectivity index (χ0v) is 9.31. The monoisotopic (exact) mass is 186 g/mol. The van der Waals surface area contributed by atoms with Crippen LogP contribution < -0.4 is 11.1 Å². The molecule has 0 saturated carbocycles. The molecule has 0 heterocycles. The molecular formula is C11H26N2. The topological polar surface area (TPSA) is 38.0 Å². The van der Waals surface area contributed by atoms with Crippen LogP contribution in [0.3, 0.4) is 0 Å². The summed E-state index contributed by atoms with van der Waals surface area (Å²) in [6.07, 6.45) is 6.49. The molecule has 0 aromatic heterocycles. The summed E-state index contributed by atoms with van der Waals surface area (Å²) >= 11 is 0. The molecule has 0 fully saturated rings. The molecule has 0 amide bonds. The van der Waals surface area contributed by atoms with Gasteiger partial charge in [-0.25, -0.2) is 0 Å². The van der Waals surface area contributed by atoms with Crippen LogP contribution in [0.4, 0.5) is 0 Å². The summed E-state index contributed by atoms with van der Waals surface area (Å²) in [5.41, 5.74) is 5.39. The van der Waals surface area contributed by atoms with Gasteiger partial charge in [-0.05, 0) is 38.4 Å². The average molecular weight is 186 g/mol. The van der Waals surface area contributed by atoms with Crippen LogP contribution in [0.15, 0.2) is 0 Å². The first-order valence-corrected chi connectivity index (χ1v) is 5.72. The van der Waals surface area contributed by atoms with Crippen LogP contribution in [0, 0.1) is 5.92 Å². The molecule has 0 aromatic rings. The Morgan fingerprint density at radius 3 is 2.46 bits per heavy atom. The predicted molar refractivity (Wildman–Crippen MR) is 59.8 cm³/mol. The molecule has 0 spiro atoms. The van der Waals surface area contributed by atoms with Crippen molar-refractivity contribution >= 4 is 0 Å². The molecule has 0 aromatic carbocycles. The van der Waals surface area contributed by atoms with Gasteiger partial charge in [-0.15, -0.1) is 0 Å². The second kappa shape index (κ2) is 10.0. The van der Waals surface area contributed by atoms with Crippen LogP contribution in [0.1, 0.15) is 46.0 Å². The lowest BCUT2D eigenvalue weighted by molar-refractivity contribution is 0.476. The fourth-order valence-corrected chi connectivity index (χ4v) is 1.30. The average Bonchev–Trinajstić information content (AvgIpc) is 2.16. The number of nitrogens with two attached hydrogens (primary N) is 1. The Labute approximate surface area is 83.3 Å². The lowest BCUT2D eigenvalue weighted by Crippen LogP contribution is -2.19. The molecule has 1 atom stereocenters. The molecule has 3 N–H and O–H groups in total. The summed E-state index contributed by atoms with van der Waals surface area (Å²) < 4.78 is 0. The molecule has 13 heavy (non-hydrogen) atoms. The maximum Gasteiger partial charge on any atom is -0.00369 e. The third-order valence-corrected chi connectivity index (χ3v) is 2.56. The van der Waals surface area contributed by atoms with Gasteiger partial charge >= 0.3 is 0 Å². The Morgan fingerprint density at radius 1 is 1.15 bits per heavy atom. The van der Waals surface area contributed by atoms with Crippen LogP contribution in [0.25, 0.3) is 0 Å². The Morgan fingerprint density at radius 2 is 1.85 bits per heavy atom. The highest BCUT2D eigenvalue weighted by Gasteiger charge is 1.97. The Hall–Kier alpha value is -0.0800. The standard InChI is InChI=1S/C11H26N2/c1-3-11(2)7-4-5-9-13-10-6-8-12/h11,13H,3-10,12H2,1-2H3. The number of hydrogen-bond acceptors (Lipinski definition) is 2. The summed E-state index contributed by atoms with van der Waals surface area (Å²) in [7, 11) is 0. The van der Waals surface area contributed by atoms with Crippen molar-refractivity contribution < 1.29 is 0 Å². The first-order valence-electron chi connectivity index (χ1n) is 5.72. The van der Waals surface area contributed by atoms with Crippen molar-refractivity contribution in [1.82, 2.24) is 5.32 Å². The van der Waals surface area contributed by atoms with E-state index < -0.39 is 0 Å². The molecule has 0 bridgehead atoms. The molecule has 0 aliphatic carbocycles. The van der Waals surface area contributed by atoms with E-state index in [2.05, 4.69) is 19.2 Å². The predicted octanol–water partition coefficient (Wildman–Crippen LogP) is 2.14. The third kappa shape index (κ3) is 9.84. The number of unbranched alkanes of at least 4 members (excludes halogenated alkanes) is 1. The van der Waals surface area contributed by atoms with Crippen LogP contribution in [0.2, 0.25) is 0 Å². The SMILES string of the molecule is CCC(C)CCCCNCCCN. The molecule has 80 valence electrons. The van der Waals surface area contributed by atoms with Gasteiger partial charge in [0.05, 0.1) is 0 Å². The summed E-state index contributed by atoms with van der Waals surface area (Å²) in [6, 6.07) is 0. The highest BCUT2D eigenvalue weighted by molar-refractivity contribution is 4.53. The van der Waals surface area contributed by atoms with Crippen LogP contribution in [-0.2, 0) is 0 Å². The highest BCUT2D eigenvalue weighted by atomic mass is 14.8. The highest BCUT2D eigenvalue weighted by Crippen LogP contribution is 2.10. The van der Waals surface area contributed by atoms with Crippen molar-refractivity contribution in [2.45, 2.75) is 46.0 Å². The lowest BCUT2D eigenvalue weighted by Gasteiger charge is -2.07. The molecule has 0 radical (unpaired) electrons. The molecule has 1 unspecified atom stereocenters. The molecular weight excluding hydrogens is 160 g/mol. The van der Waals surface area contributed by atoms with Crippen molar-refractivity contribution in [2.24, 2.45) is 11.7 Å². The molecule has 0 aliphatic rings. The third-order valence-electron chi connectivity index (χ3n) is 2.56. The first-order chi connectivity index (χ1) is 6.31. The van der Waals surface area contributed by atoms with Gasteiger partial charge in [-0.1, -0.05) is 33.1 Å². The Kier molecular flexibility index (Phi) is 9.94. The molecule has 2 nitrogen and oxygen atoms in total. The van der Waals surface area contributed by atoms with Gasteiger partial charge in [0.1, 0.15) is 0 Å². The minimum atomic E-state index is 0.805. The maximum absolute atomic E-state index is 5.39. The van der Waals surface area contributed by atoms with E-state index in [4.69, 9.17) is 5.73 Å². The fraction of sp³-hybridized carbons (Fsp3) is 1.00. The summed E-state index contributed by atoms with van der Waals surface area (Å²) in [5, 5.41) is 3.40. The lowest BCUT2D eigenvalue weighted by atomic mass is 10.0. The van der Waals surface area contributed by atoms with E-state index in [9.17, 15) is 0 Å². The van der Waals surface area contributed by atoms with E-state index >= 15 is 0 Å². The molecule has 0 aliphatic heterocycles. The molecule has 2 heteroatoms. The summed E-state index contributed by atoms with van der Waals surface area (Å²) in [6.45, 7) is 7.65. The van der Waals surface area contributed by atoms with E-state index in [0.29, 0.717) is 0 Å². The van der Waals surface area contributed by atoms with Gasteiger partial charge in [0.25, 0.3) is 0 Å². The summed E-state index contributed by atoms with van der Waals surface area (Å²) in [4.78, 5) is 0. The van der Waals surface area contributed by atoms with E-state index in [1.807, 2.05) is 0 Å². The number of rotatable bonds is 9. The minimum Gasteiger partial charge on any atom is -0.330 e. The Balaban J connectivity index is 2.91. The van der Waals surface area contributed by atoms with E-state index in [-0.39, 0.29) is 0 Å². The van der Waals surface area contributed by atoms with E-state index in [1.54, 1.807) is 0 Å². The van der Waals surface area contributed by atoms with Crippen molar-refractivity contribution in [3.8, 4) is 0 Å². The van der Waals surface area contributed by atoms with Crippen molar-refractivity contribution in [3.63, 3.8) is 0 Å². The Bertz CT molecular complexity index is 94.1. The smallest absolute Gasteiger partial charge is 0.00369 e. The minimum absolute atomic E-state index is 0.805. The van der Waals surface area contributed by atoms with Crippen molar-refractivity contribution in [2.75, 3.05) is 19.6 Å². The van der Waals surface area contributed by atoms with E-state index in [1.165, 1.54) is 25.7 Å². The van der Waals surface area contributed by atoms with Gasteiger partial charge in [0, 0.05) is 0 Å². The first kappa shape index (κ1) is 12.9. The number of nitrogens with one attached hydrogen (secondary N) is 1. The number of hydrogen-bond donors (Lipinski definition) is 2. The van der Waals surface area contributed by atoms with Crippen LogP contribution in [0.5, 0.6) is 0 Å². The van der Waals surface area contributed by atoms with Gasteiger partial charge in [-0.3, -0.25) is 0 Å². The molecule has 0 rings (SSSR count). The van der Waals surface area contributed by atoms with Gasteiger partial charge in [0.15, 0.2) is 0 Å². The fourth-order valence-electron chi connectivity index (χ4n) is 1.30. The quantitative estimate of drug-likeness (QED) is 0.541. The zero-order chi connectivity index (χ0) is 9.94. The van der Waals surface area contributed by atoms with Crippen molar-refractivity contribution in [1.29, 1.82) is 0 Å². The second-order valence-corrected chi connectivity index (χ2v) is 3.90. The second-order valence-electron chi connectivity index (χ2n) is 3.90. The van der Waals surface area contributed by atoms with Crippen molar-refractivity contribution in [3.05, 3.63) is 0 Å².